The third-order valence-corrected chi connectivity index (χ3v) is 6.55. The van der Waals surface area contributed by atoms with Crippen molar-refractivity contribution in [2.45, 2.75) is 6.54 Å². The van der Waals surface area contributed by atoms with E-state index in [1.54, 1.807) is 24.3 Å². The fourth-order valence-corrected chi connectivity index (χ4v) is 4.80. The zero-order valence-electron chi connectivity index (χ0n) is 16.7. The highest BCUT2D eigenvalue weighted by Gasteiger charge is 2.29. The molecule has 8 nitrogen and oxygen atoms in total. The Labute approximate surface area is 191 Å². The Morgan fingerprint density at radius 3 is 2.75 bits per heavy atom. The van der Waals surface area contributed by atoms with Crippen LogP contribution in [0.1, 0.15) is 15.9 Å². The zero-order valence-corrected chi connectivity index (χ0v) is 18.3. The van der Waals surface area contributed by atoms with Gasteiger partial charge in [-0.25, -0.2) is 4.98 Å². The minimum Gasteiger partial charge on any atom is -0.486 e. The van der Waals surface area contributed by atoms with Gasteiger partial charge in [0.1, 0.15) is 13.2 Å². The van der Waals surface area contributed by atoms with Crippen LogP contribution in [0.3, 0.4) is 0 Å². The van der Waals surface area contributed by atoms with E-state index in [4.69, 9.17) is 9.47 Å². The Morgan fingerprint density at radius 1 is 1.09 bits per heavy atom. The molecular formula is C22H17N3O5S2. The van der Waals surface area contributed by atoms with E-state index in [0.717, 1.165) is 23.0 Å². The number of imide groups is 1. The lowest BCUT2D eigenvalue weighted by Gasteiger charge is -2.18. The van der Waals surface area contributed by atoms with Crippen molar-refractivity contribution in [1.29, 1.82) is 0 Å². The van der Waals surface area contributed by atoms with Crippen LogP contribution >= 0.6 is 23.1 Å². The summed E-state index contributed by atoms with van der Waals surface area (Å²) in [5.41, 5.74) is 2.72. The number of fused-ring (bicyclic) bond motifs is 1. The van der Waals surface area contributed by atoms with Crippen molar-refractivity contribution in [1.82, 2.24) is 9.88 Å². The van der Waals surface area contributed by atoms with Gasteiger partial charge < -0.3 is 9.47 Å². The SMILES string of the molecule is O=C(Nc1nc(-c2ccc3c(c2)OCCO3)cs1)c1cccc(CN2C(=O)CSC2=O)c1. The number of thioether (sulfide) groups is 1. The minimum absolute atomic E-state index is 0.150. The molecule has 1 aromatic heterocycles. The normalized spacial score (nSPS) is 15.2. The second kappa shape index (κ2) is 8.64. The van der Waals surface area contributed by atoms with Crippen LogP contribution in [0.15, 0.2) is 47.8 Å². The molecule has 0 aliphatic carbocycles. The first-order chi connectivity index (χ1) is 15.6. The number of aromatic nitrogens is 1. The van der Waals surface area contributed by atoms with Crippen LogP contribution in [-0.2, 0) is 11.3 Å². The van der Waals surface area contributed by atoms with Crippen molar-refractivity contribution < 1.29 is 23.9 Å². The average Bonchev–Trinajstić information content (AvgIpc) is 3.41. The number of amides is 3. The van der Waals surface area contributed by atoms with Gasteiger partial charge in [0.15, 0.2) is 16.6 Å². The van der Waals surface area contributed by atoms with E-state index >= 15 is 0 Å². The van der Waals surface area contributed by atoms with Crippen LogP contribution in [0.5, 0.6) is 11.5 Å². The maximum absolute atomic E-state index is 12.7. The van der Waals surface area contributed by atoms with Crippen molar-refractivity contribution >= 4 is 45.3 Å². The highest BCUT2D eigenvalue weighted by Crippen LogP contribution is 2.35. The van der Waals surface area contributed by atoms with E-state index in [9.17, 15) is 14.4 Å². The second-order valence-corrected chi connectivity index (χ2v) is 8.87. The summed E-state index contributed by atoms with van der Waals surface area (Å²) in [5, 5.41) is 4.87. The molecule has 3 heterocycles. The second-order valence-electron chi connectivity index (χ2n) is 7.09. The fourth-order valence-electron chi connectivity index (χ4n) is 3.36. The van der Waals surface area contributed by atoms with Crippen molar-refractivity contribution in [3.8, 4) is 22.8 Å². The van der Waals surface area contributed by atoms with E-state index in [1.807, 2.05) is 23.6 Å². The number of hydrogen-bond acceptors (Lipinski definition) is 8. The average molecular weight is 468 g/mol. The molecule has 1 N–H and O–H groups in total. The summed E-state index contributed by atoms with van der Waals surface area (Å²) in [6.45, 7) is 1.19. The highest BCUT2D eigenvalue weighted by molar-refractivity contribution is 8.14. The van der Waals surface area contributed by atoms with Gasteiger partial charge in [-0.2, -0.15) is 0 Å². The van der Waals surface area contributed by atoms with Crippen molar-refractivity contribution in [2.75, 3.05) is 24.3 Å². The first kappa shape index (κ1) is 20.5. The molecule has 5 rings (SSSR count). The molecule has 1 saturated heterocycles. The monoisotopic (exact) mass is 467 g/mol. The predicted octanol–water partition coefficient (Wildman–Crippen LogP) is 4.03. The lowest BCUT2D eigenvalue weighted by atomic mass is 10.1. The molecule has 0 radical (unpaired) electrons. The number of hydrogen-bond donors (Lipinski definition) is 1. The van der Waals surface area contributed by atoms with Crippen LogP contribution < -0.4 is 14.8 Å². The standard InChI is InChI=1S/C22H17N3O5S2/c26-19-12-32-22(28)25(19)10-13-2-1-3-15(8-13)20(27)24-21-23-16(11-31-21)14-4-5-17-18(9-14)30-7-6-29-17/h1-5,8-9,11H,6-7,10,12H2,(H,23,24,27). The van der Waals surface area contributed by atoms with Gasteiger partial charge in [0.05, 0.1) is 18.0 Å². The third-order valence-electron chi connectivity index (χ3n) is 4.93. The molecular weight excluding hydrogens is 450 g/mol. The molecule has 3 aromatic rings. The molecule has 0 spiro atoms. The first-order valence-corrected chi connectivity index (χ1v) is 11.7. The summed E-state index contributed by atoms with van der Waals surface area (Å²) in [7, 11) is 0. The topological polar surface area (TPSA) is 97.8 Å². The van der Waals surface area contributed by atoms with Gasteiger partial charge in [-0.1, -0.05) is 23.9 Å². The Bertz CT molecular complexity index is 1210. The Kier molecular flexibility index (Phi) is 5.54. The zero-order chi connectivity index (χ0) is 22.1. The predicted molar refractivity (Wildman–Crippen MR) is 121 cm³/mol. The van der Waals surface area contributed by atoms with E-state index in [0.29, 0.717) is 41.0 Å². The summed E-state index contributed by atoms with van der Waals surface area (Å²) < 4.78 is 11.2. The summed E-state index contributed by atoms with van der Waals surface area (Å²) in [5.74, 6) is 1.01. The van der Waals surface area contributed by atoms with Crippen LogP contribution in [0, 0.1) is 0 Å². The van der Waals surface area contributed by atoms with Crippen LogP contribution in [0.2, 0.25) is 0 Å². The number of nitrogens with zero attached hydrogens (tertiary/aromatic N) is 2. The molecule has 0 atom stereocenters. The number of thiazole rings is 1. The van der Waals surface area contributed by atoms with Crippen LogP contribution in [-0.4, -0.2) is 45.9 Å². The van der Waals surface area contributed by atoms with Crippen molar-refractivity contribution in [3.63, 3.8) is 0 Å². The number of anilines is 1. The molecule has 2 aliphatic rings. The number of ether oxygens (including phenoxy) is 2. The lowest BCUT2D eigenvalue weighted by molar-refractivity contribution is -0.125. The van der Waals surface area contributed by atoms with Crippen LogP contribution in [0.4, 0.5) is 9.93 Å². The smallest absolute Gasteiger partial charge is 0.289 e. The van der Waals surface area contributed by atoms with Gasteiger partial charge in [0.2, 0.25) is 5.91 Å². The van der Waals surface area contributed by atoms with Gasteiger partial charge in [0, 0.05) is 16.5 Å². The highest BCUT2D eigenvalue weighted by atomic mass is 32.2. The number of benzene rings is 2. The molecule has 162 valence electrons. The summed E-state index contributed by atoms with van der Waals surface area (Å²) in [4.78, 5) is 42.1. The van der Waals surface area contributed by atoms with E-state index in [2.05, 4.69) is 10.3 Å². The molecule has 2 aliphatic heterocycles. The molecule has 3 amide bonds. The van der Waals surface area contributed by atoms with Gasteiger partial charge >= 0.3 is 0 Å². The van der Waals surface area contributed by atoms with E-state index in [-0.39, 0.29) is 29.4 Å². The summed E-state index contributed by atoms with van der Waals surface area (Å²) in [6, 6.07) is 12.5. The van der Waals surface area contributed by atoms with Gasteiger partial charge in [0.25, 0.3) is 11.1 Å². The number of carbonyl (C=O) groups is 3. The van der Waals surface area contributed by atoms with Gasteiger partial charge in [-0.3, -0.25) is 24.6 Å². The maximum Gasteiger partial charge on any atom is 0.289 e. The Morgan fingerprint density at radius 2 is 1.94 bits per heavy atom. The lowest BCUT2D eigenvalue weighted by Crippen LogP contribution is -2.28. The number of rotatable bonds is 5. The van der Waals surface area contributed by atoms with Crippen LogP contribution in [0.25, 0.3) is 11.3 Å². The Balaban J connectivity index is 1.28. The van der Waals surface area contributed by atoms with Gasteiger partial charge in [-0.15, -0.1) is 11.3 Å². The molecule has 1 fully saturated rings. The molecule has 2 aromatic carbocycles. The number of nitrogens with one attached hydrogen (secondary N) is 1. The van der Waals surface area contributed by atoms with E-state index in [1.165, 1.54) is 16.2 Å². The van der Waals surface area contributed by atoms with Gasteiger partial charge in [-0.05, 0) is 35.9 Å². The number of carbonyl (C=O) groups excluding carboxylic acids is 3. The van der Waals surface area contributed by atoms with Crippen molar-refractivity contribution in [2.24, 2.45) is 0 Å². The molecule has 0 bridgehead atoms. The quantitative estimate of drug-likeness (QED) is 0.605. The minimum atomic E-state index is -0.316. The fraction of sp³-hybridized carbons (Fsp3) is 0.182. The summed E-state index contributed by atoms with van der Waals surface area (Å²) in [6.07, 6.45) is 0. The van der Waals surface area contributed by atoms with Crippen molar-refractivity contribution in [3.05, 3.63) is 59.0 Å². The van der Waals surface area contributed by atoms with E-state index < -0.39 is 0 Å². The summed E-state index contributed by atoms with van der Waals surface area (Å²) >= 11 is 2.31. The molecule has 10 heteroatoms. The molecule has 32 heavy (non-hydrogen) atoms. The maximum atomic E-state index is 12.7. The molecule has 0 unspecified atom stereocenters. The third kappa shape index (κ3) is 4.19. The first-order valence-electron chi connectivity index (χ1n) is 9.80. The Hall–Kier alpha value is -3.37. The largest absolute Gasteiger partial charge is 0.486 e. The molecule has 0 saturated carbocycles.